The Morgan fingerprint density at radius 3 is 2.81 bits per heavy atom. The van der Waals surface area contributed by atoms with Gasteiger partial charge in [-0.15, -0.1) is 0 Å². The smallest absolute Gasteiger partial charge is 0.374 e. The van der Waals surface area contributed by atoms with E-state index in [9.17, 15) is 13.6 Å². The largest absolute Gasteiger partial charge is 0.477 e. The fraction of sp³-hybridized carbons (Fsp3) is 0.182. The minimum atomic E-state index is -3.74. The van der Waals surface area contributed by atoms with E-state index in [0.717, 1.165) is 5.39 Å². The number of aliphatic carboxylic acids is 1. The lowest BCUT2D eigenvalue weighted by Gasteiger charge is -2.11. The highest BCUT2D eigenvalue weighted by atomic mass is 19.3. The quantitative estimate of drug-likeness (QED) is 0.842. The number of alkyl halides is 2. The summed E-state index contributed by atoms with van der Waals surface area (Å²) in [6.07, 6.45) is 0.827. The van der Waals surface area contributed by atoms with Gasteiger partial charge in [0.15, 0.2) is 0 Å². The van der Waals surface area contributed by atoms with Crippen molar-refractivity contribution in [2.24, 2.45) is 0 Å². The van der Waals surface area contributed by atoms with Gasteiger partial charge in [0.25, 0.3) is 0 Å². The summed E-state index contributed by atoms with van der Waals surface area (Å²) in [5.41, 5.74) is 0.860. The molecule has 0 saturated heterocycles. The molecule has 1 heterocycles. The van der Waals surface area contributed by atoms with E-state index in [0.29, 0.717) is 11.1 Å². The summed E-state index contributed by atoms with van der Waals surface area (Å²) in [7, 11) is 0. The molecule has 0 aliphatic heterocycles. The fourth-order valence-electron chi connectivity index (χ4n) is 1.61. The Labute approximate surface area is 89.7 Å². The zero-order chi connectivity index (χ0) is 11.8. The molecule has 0 spiro atoms. The molecule has 1 aromatic heterocycles. The van der Waals surface area contributed by atoms with Crippen molar-refractivity contribution < 1.29 is 18.7 Å². The number of carbonyl (C=O) groups is 1. The van der Waals surface area contributed by atoms with E-state index >= 15 is 0 Å². The molecular formula is C11H9F2NO2. The van der Waals surface area contributed by atoms with Crippen molar-refractivity contribution in [1.82, 2.24) is 4.98 Å². The van der Waals surface area contributed by atoms with Crippen LogP contribution in [0.15, 0.2) is 30.5 Å². The third kappa shape index (κ3) is 1.76. The maximum absolute atomic E-state index is 13.1. The van der Waals surface area contributed by atoms with Crippen molar-refractivity contribution >= 4 is 16.9 Å². The van der Waals surface area contributed by atoms with Gasteiger partial charge < -0.3 is 10.1 Å². The summed E-state index contributed by atoms with van der Waals surface area (Å²) in [5, 5.41) is 9.16. The number of benzene rings is 1. The molecule has 0 aliphatic carbocycles. The molecule has 0 aliphatic rings. The van der Waals surface area contributed by atoms with E-state index in [1.165, 1.54) is 6.07 Å². The summed E-state index contributed by atoms with van der Waals surface area (Å²) in [5.74, 6) is -5.84. The molecule has 1 aromatic carbocycles. The average molecular weight is 225 g/mol. The Kier molecular flexibility index (Phi) is 2.38. The number of hydrogen-bond acceptors (Lipinski definition) is 1. The lowest BCUT2D eigenvalue weighted by atomic mass is 10.0. The van der Waals surface area contributed by atoms with Gasteiger partial charge in [-0.2, -0.15) is 8.78 Å². The number of nitrogens with one attached hydrogen (secondary N) is 1. The van der Waals surface area contributed by atoms with Crippen LogP contribution < -0.4 is 0 Å². The molecule has 2 rings (SSSR count). The Balaban J connectivity index is 2.41. The van der Waals surface area contributed by atoms with Crippen LogP contribution in [-0.4, -0.2) is 22.0 Å². The third-order valence-corrected chi connectivity index (χ3v) is 2.40. The summed E-state index contributed by atoms with van der Waals surface area (Å²) >= 11 is 0. The van der Waals surface area contributed by atoms with Crippen LogP contribution in [0, 0.1) is 0 Å². The molecular weight excluding hydrogens is 216 g/mol. The normalized spacial score (nSPS) is 11.9. The van der Waals surface area contributed by atoms with Gasteiger partial charge in [0.05, 0.1) is 0 Å². The first-order valence-corrected chi connectivity index (χ1v) is 4.67. The van der Waals surface area contributed by atoms with Gasteiger partial charge >= 0.3 is 11.9 Å². The second-order valence-corrected chi connectivity index (χ2v) is 3.55. The van der Waals surface area contributed by atoms with Crippen LogP contribution in [0.25, 0.3) is 10.9 Å². The van der Waals surface area contributed by atoms with Crippen molar-refractivity contribution in [3.05, 3.63) is 36.0 Å². The Morgan fingerprint density at radius 1 is 1.38 bits per heavy atom. The number of fused-ring (bicyclic) bond motifs is 1. The predicted octanol–water partition coefficient (Wildman–Crippen LogP) is 2.43. The molecule has 84 valence electrons. The number of para-hydroxylation sites is 1. The van der Waals surface area contributed by atoms with Crippen LogP contribution in [0.3, 0.4) is 0 Å². The van der Waals surface area contributed by atoms with E-state index in [4.69, 9.17) is 5.11 Å². The van der Waals surface area contributed by atoms with Gasteiger partial charge in [-0.3, -0.25) is 0 Å². The average Bonchev–Trinajstić information content (AvgIpc) is 2.65. The Bertz CT molecular complexity index is 534. The second kappa shape index (κ2) is 3.59. The molecule has 0 radical (unpaired) electrons. The molecule has 3 nitrogen and oxygen atoms in total. The van der Waals surface area contributed by atoms with Crippen molar-refractivity contribution in [1.29, 1.82) is 0 Å². The highest BCUT2D eigenvalue weighted by Crippen LogP contribution is 2.25. The lowest BCUT2D eigenvalue weighted by molar-refractivity contribution is -0.164. The first-order chi connectivity index (χ1) is 7.50. The number of H-pyrrole nitrogens is 1. The van der Waals surface area contributed by atoms with Gasteiger partial charge in [-0.05, 0) is 17.0 Å². The molecule has 2 aromatic rings. The second-order valence-electron chi connectivity index (χ2n) is 3.55. The summed E-state index contributed by atoms with van der Waals surface area (Å²) in [6.45, 7) is 0. The number of carboxylic acids is 1. The number of aromatic nitrogens is 1. The van der Waals surface area contributed by atoms with Crippen LogP contribution in [0.5, 0.6) is 0 Å². The van der Waals surface area contributed by atoms with Crippen LogP contribution in [-0.2, 0) is 11.2 Å². The van der Waals surface area contributed by atoms with E-state index in [1.54, 1.807) is 24.4 Å². The van der Waals surface area contributed by atoms with Gasteiger partial charge in [-0.25, -0.2) is 4.79 Å². The molecule has 5 heteroatoms. The fourth-order valence-corrected chi connectivity index (χ4v) is 1.61. The lowest BCUT2D eigenvalue weighted by Crippen LogP contribution is -2.30. The molecule has 16 heavy (non-hydrogen) atoms. The van der Waals surface area contributed by atoms with Crippen LogP contribution >= 0.6 is 0 Å². The molecule has 2 N–H and O–H groups in total. The molecule has 0 saturated carbocycles. The third-order valence-electron chi connectivity index (χ3n) is 2.40. The minimum absolute atomic E-state index is 0.301. The van der Waals surface area contributed by atoms with E-state index in [2.05, 4.69) is 4.98 Å². The first kappa shape index (κ1) is 10.6. The first-order valence-electron chi connectivity index (χ1n) is 4.67. The number of carboxylic acid groups (broad SMARTS) is 1. The monoisotopic (exact) mass is 225 g/mol. The van der Waals surface area contributed by atoms with Gasteiger partial charge in [-0.1, -0.05) is 18.2 Å². The van der Waals surface area contributed by atoms with Crippen molar-refractivity contribution in [2.75, 3.05) is 0 Å². The van der Waals surface area contributed by atoms with E-state index in [-0.39, 0.29) is 0 Å². The zero-order valence-electron chi connectivity index (χ0n) is 8.21. The Morgan fingerprint density at radius 2 is 2.12 bits per heavy atom. The minimum Gasteiger partial charge on any atom is -0.477 e. The number of aromatic amines is 1. The number of halogens is 2. The standard InChI is InChI=1S/C11H9F2NO2/c12-11(13,10(15)16)6-8-3-1-2-7-4-5-14-9(7)8/h1-5,14H,6H2,(H,15,16). The molecule has 0 unspecified atom stereocenters. The molecule has 0 bridgehead atoms. The summed E-state index contributed by atoms with van der Waals surface area (Å²) in [6, 6.07) is 6.64. The van der Waals surface area contributed by atoms with Gasteiger partial charge in [0.2, 0.25) is 0 Å². The SMILES string of the molecule is O=C(O)C(F)(F)Cc1cccc2cc[nH]c12. The van der Waals surface area contributed by atoms with Crippen molar-refractivity contribution in [3.8, 4) is 0 Å². The topological polar surface area (TPSA) is 53.1 Å². The molecule has 0 fully saturated rings. The maximum atomic E-state index is 13.1. The predicted molar refractivity (Wildman–Crippen MR) is 54.6 cm³/mol. The Hall–Kier alpha value is -1.91. The highest BCUT2D eigenvalue weighted by molar-refractivity contribution is 5.84. The van der Waals surface area contributed by atoms with Crippen LogP contribution in [0.4, 0.5) is 8.78 Å². The van der Waals surface area contributed by atoms with Crippen LogP contribution in [0.2, 0.25) is 0 Å². The maximum Gasteiger partial charge on any atom is 0.374 e. The zero-order valence-corrected chi connectivity index (χ0v) is 8.21. The highest BCUT2D eigenvalue weighted by Gasteiger charge is 2.39. The summed E-state index contributed by atoms with van der Waals surface area (Å²) in [4.78, 5) is 13.2. The van der Waals surface area contributed by atoms with E-state index in [1.807, 2.05) is 0 Å². The van der Waals surface area contributed by atoms with Crippen molar-refractivity contribution in [3.63, 3.8) is 0 Å². The van der Waals surface area contributed by atoms with Gasteiger partial charge in [0.1, 0.15) is 0 Å². The van der Waals surface area contributed by atoms with Gasteiger partial charge in [0, 0.05) is 18.1 Å². The van der Waals surface area contributed by atoms with Crippen molar-refractivity contribution in [2.45, 2.75) is 12.3 Å². The van der Waals surface area contributed by atoms with Crippen LogP contribution in [0.1, 0.15) is 5.56 Å². The molecule has 0 atom stereocenters. The number of rotatable bonds is 3. The van der Waals surface area contributed by atoms with E-state index < -0.39 is 18.3 Å². The summed E-state index contributed by atoms with van der Waals surface area (Å²) < 4.78 is 26.1. The molecule has 0 amide bonds. The number of hydrogen-bond donors (Lipinski definition) is 2.